The zero-order valence-corrected chi connectivity index (χ0v) is 25.9. The highest BCUT2D eigenvalue weighted by Gasteiger charge is 2.38. The van der Waals surface area contributed by atoms with Crippen molar-refractivity contribution in [1.82, 2.24) is 0 Å². The van der Waals surface area contributed by atoms with E-state index in [1.54, 1.807) is 0 Å². The summed E-state index contributed by atoms with van der Waals surface area (Å²) >= 11 is 0. The molecule has 4 heteroatoms. The monoisotopic (exact) mass is 556 g/mol. The van der Waals surface area contributed by atoms with Gasteiger partial charge in [-0.05, 0) is 10.8 Å². The molecule has 0 saturated carbocycles. The van der Waals surface area contributed by atoms with Crippen molar-refractivity contribution >= 4 is 37.5 Å². The van der Waals surface area contributed by atoms with E-state index in [2.05, 4.69) is 163 Å². The summed E-state index contributed by atoms with van der Waals surface area (Å²) in [6, 6.07) is 42.7. The van der Waals surface area contributed by atoms with Crippen LogP contribution in [0.3, 0.4) is 0 Å². The van der Waals surface area contributed by atoms with E-state index in [4.69, 9.17) is 9.05 Å². The highest BCUT2D eigenvalue weighted by Crippen LogP contribution is 2.47. The predicted octanol–water partition coefficient (Wildman–Crippen LogP) is 8.33. The fraction of sp³-hybridized carbons (Fsp3) is 0.314. The Morgan fingerprint density at radius 1 is 0.436 bits per heavy atom. The van der Waals surface area contributed by atoms with Gasteiger partial charge in [0.1, 0.15) is 0 Å². The fourth-order valence-electron chi connectivity index (χ4n) is 4.35. The first-order valence-electron chi connectivity index (χ1n) is 13.8. The molecule has 0 aliphatic carbocycles. The molecule has 0 aromatic heterocycles. The first-order chi connectivity index (χ1) is 18.6. The Kier molecular flexibility index (Phi) is 10.1. The maximum absolute atomic E-state index is 7.20. The zero-order valence-electron chi connectivity index (χ0n) is 24.1. The van der Waals surface area contributed by atoms with Crippen molar-refractivity contribution in [2.75, 3.05) is 0 Å². The molecule has 4 aromatic carbocycles. The topological polar surface area (TPSA) is 18.5 Å². The van der Waals surface area contributed by atoms with Gasteiger partial charge in [-0.2, -0.15) is 0 Å². The van der Waals surface area contributed by atoms with Crippen LogP contribution in [0.1, 0.15) is 48.0 Å². The number of hydrogen-bond donors (Lipinski definition) is 0. The van der Waals surface area contributed by atoms with Crippen molar-refractivity contribution < 1.29 is 9.05 Å². The average molecular weight is 557 g/mol. The van der Waals surface area contributed by atoms with Gasteiger partial charge in [0.2, 0.25) is 0 Å². The van der Waals surface area contributed by atoms with Crippen molar-refractivity contribution in [3.8, 4) is 0 Å². The third-order valence-corrected chi connectivity index (χ3v) is 10.8. The molecule has 0 bridgehead atoms. The number of hydrogen-bond acceptors (Lipinski definition) is 2. The van der Waals surface area contributed by atoms with E-state index < -0.39 is 16.3 Å². The van der Waals surface area contributed by atoms with Crippen molar-refractivity contribution in [1.29, 1.82) is 0 Å². The Labute approximate surface area is 238 Å². The van der Waals surface area contributed by atoms with Crippen LogP contribution < -0.4 is 21.2 Å². The third kappa shape index (κ3) is 8.33. The van der Waals surface area contributed by atoms with E-state index in [-0.39, 0.29) is 23.0 Å². The highest BCUT2D eigenvalue weighted by molar-refractivity contribution is 7.68. The molecule has 2 atom stereocenters. The predicted molar refractivity (Wildman–Crippen MR) is 171 cm³/mol. The molecular weight excluding hydrogens is 514 g/mol. The van der Waals surface area contributed by atoms with E-state index in [1.165, 1.54) is 21.2 Å². The Hall–Kier alpha value is -2.34. The molecule has 0 spiro atoms. The van der Waals surface area contributed by atoms with Gasteiger partial charge in [-0.25, -0.2) is 0 Å². The molecular formula is C35H42O2P2. The van der Waals surface area contributed by atoms with Crippen LogP contribution in [0.25, 0.3) is 0 Å². The Morgan fingerprint density at radius 3 is 0.872 bits per heavy atom. The van der Waals surface area contributed by atoms with Crippen LogP contribution in [0.4, 0.5) is 0 Å². The molecule has 0 aliphatic heterocycles. The lowest BCUT2D eigenvalue weighted by Gasteiger charge is -2.41. The van der Waals surface area contributed by atoms with Crippen LogP contribution in [0.5, 0.6) is 0 Å². The second-order valence-corrected chi connectivity index (χ2v) is 15.8. The van der Waals surface area contributed by atoms with Crippen molar-refractivity contribution in [2.45, 2.75) is 60.2 Å². The molecule has 0 N–H and O–H groups in total. The lowest BCUT2D eigenvalue weighted by Crippen LogP contribution is -2.39. The zero-order chi connectivity index (χ0) is 27.9. The largest absolute Gasteiger partial charge is 0.346 e. The molecule has 0 heterocycles. The molecule has 0 saturated heterocycles. The van der Waals surface area contributed by atoms with Crippen molar-refractivity contribution in [2.24, 2.45) is 10.8 Å². The average Bonchev–Trinajstić information content (AvgIpc) is 2.93. The lowest BCUT2D eigenvalue weighted by molar-refractivity contribution is 0.0137. The third-order valence-electron chi connectivity index (χ3n) is 6.79. The second-order valence-electron chi connectivity index (χ2n) is 12.1. The molecule has 4 rings (SSSR count). The molecule has 0 aliphatic rings. The molecule has 204 valence electrons. The molecule has 2 nitrogen and oxygen atoms in total. The number of benzene rings is 4. The minimum atomic E-state index is -0.979. The van der Waals surface area contributed by atoms with E-state index in [9.17, 15) is 0 Å². The van der Waals surface area contributed by atoms with Gasteiger partial charge in [0, 0.05) is 27.6 Å². The summed E-state index contributed by atoms with van der Waals surface area (Å²) in [4.78, 5) is 0. The summed E-state index contributed by atoms with van der Waals surface area (Å²) in [5.41, 5.74) is -0.140. The first kappa shape index (κ1) is 29.6. The van der Waals surface area contributed by atoms with Crippen LogP contribution in [-0.4, -0.2) is 12.2 Å². The van der Waals surface area contributed by atoms with Crippen LogP contribution in [0, 0.1) is 10.8 Å². The normalized spacial score (nSPS) is 13.9. The van der Waals surface area contributed by atoms with Gasteiger partial charge < -0.3 is 9.05 Å². The smallest absolute Gasteiger partial charge is 0.0921 e. The quantitative estimate of drug-likeness (QED) is 0.183. The summed E-state index contributed by atoms with van der Waals surface area (Å²) in [5.74, 6) is 0. The van der Waals surface area contributed by atoms with Gasteiger partial charge in [0.25, 0.3) is 0 Å². The van der Waals surface area contributed by atoms with E-state index in [0.717, 1.165) is 6.42 Å². The first-order valence-corrected chi connectivity index (χ1v) is 16.3. The summed E-state index contributed by atoms with van der Waals surface area (Å²) in [5, 5.41) is 4.93. The number of rotatable bonds is 10. The van der Waals surface area contributed by atoms with Crippen LogP contribution in [-0.2, 0) is 9.05 Å². The Balaban J connectivity index is 1.68. The van der Waals surface area contributed by atoms with Gasteiger partial charge in [-0.15, -0.1) is 0 Å². The van der Waals surface area contributed by atoms with Gasteiger partial charge >= 0.3 is 0 Å². The van der Waals surface area contributed by atoms with Crippen LogP contribution in [0.15, 0.2) is 121 Å². The summed E-state index contributed by atoms with van der Waals surface area (Å²) in [7, 11) is -1.96. The lowest BCUT2D eigenvalue weighted by atomic mass is 9.79. The van der Waals surface area contributed by atoms with Crippen molar-refractivity contribution in [3.63, 3.8) is 0 Å². The van der Waals surface area contributed by atoms with Gasteiger partial charge in [0.05, 0.1) is 28.5 Å². The Bertz CT molecular complexity index is 1070. The molecule has 0 radical (unpaired) electrons. The molecule has 39 heavy (non-hydrogen) atoms. The summed E-state index contributed by atoms with van der Waals surface area (Å²) in [6.07, 6.45) is 0.803. The van der Waals surface area contributed by atoms with Gasteiger partial charge in [-0.1, -0.05) is 163 Å². The highest BCUT2D eigenvalue weighted by atomic mass is 31.1. The van der Waals surface area contributed by atoms with Crippen LogP contribution >= 0.6 is 16.3 Å². The minimum Gasteiger partial charge on any atom is -0.346 e. The van der Waals surface area contributed by atoms with Crippen LogP contribution in [0.2, 0.25) is 0 Å². The molecule has 0 fully saturated rings. The maximum atomic E-state index is 7.20. The van der Waals surface area contributed by atoms with E-state index >= 15 is 0 Å². The fourth-order valence-corrected chi connectivity index (χ4v) is 8.52. The SMILES string of the molecule is CC(C)(C)C(CC(OP(c1ccccc1)c1ccccc1)C(C)(C)C)OP(c1ccccc1)c1ccccc1. The second kappa shape index (κ2) is 13.3. The summed E-state index contributed by atoms with van der Waals surface area (Å²) in [6.45, 7) is 13.7. The van der Waals surface area contributed by atoms with E-state index in [1.807, 2.05) is 0 Å². The van der Waals surface area contributed by atoms with Gasteiger partial charge in [-0.3, -0.25) is 0 Å². The van der Waals surface area contributed by atoms with Crippen molar-refractivity contribution in [3.05, 3.63) is 121 Å². The maximum Gasteiger partial charge on any atom is 0.0921 e. The minimum absolute atomic E-state index is 0.00311. The molecule has 0 amide bonds. The standard InChI is InChI=1S/C35H42O2P2/c1-34(2,3)32(36-38(28-19-11-7-12-20-28)29-21-13-8-14-22-29)27-33(35(4,5)6)37-39(30-23-15-9-16-24-30)31-25-17-10-18-26-31/h7-26,32-33H,27H2,1-6H3. The summed E-state index contributed by atoms with van der Waals surface area (Å²) < 4.78 is 14.4. The van der Waals surface area contributed by atoms with Gasteiger partial charge in [0.15, 0.2) is 0 Å². The molecule has 4 aromatic rings. The molecule has 2 unspecified atom stereocenters. The Morgan fingerprint density at radius 2 is 0.667 bits per heavy atom. The van der Waals surface area contributed by atoms with E-state index in [0.29, 0.717) is 0 Å².